The molecule has 0 atom stereocenters. The topological polar surface area (TPSA) is 84.5 Å². The molecule has 2 aromatic carbocycles. The van der Waals surface area contributed by atoms with Gasteiger partial charge in [-0.2, -0.15) is 0 Å². The first-order valence-electron chi connectivity index (χ1n) is 7.70. The normalized spacial score (nSPS) is 11.0. The molecule has 0 saturated carbocycles. The van der Waals surface area contributed by atoms with E-state index >= 15 is 0 Å². The Morgan fingerprint density at radius 3 is 2.36 bits per heavy atom. The van der Waals surface area contributed by atoms with Gasteiger partial charge in [-0.1, -0.05) is 17.7 Å². The van der Waals surface area contributed by atoms with Gasteiger partial charge in [0.05, 0.1) is 24.2 Å². The van der Waals surface area contributed by atoms with Gasteiger partial charge < -0.3 is 15.4 Å². The number of amides is 1. The van der Waals surface area contributed by atoms with Gasteiger partial charge in [0.25, 0.3) is 0 Å². The molecule has 0 heterocycles. The maximum Gasteiger partial charge on any atom is 0.243 e. The molecule has 134 valence electrons. The lowest BCUT2D eigenvalue weighted by molar-refractivity contribution is -0.114. The highest BCUT2D eigenvalue weighted by Gasteiger charge is 2.15. The molecule has 1 amide bonds. The third kappa shape index (κ3) is 4.96. The molecule has 0 radical (unpaired) electrons. The first-order chi connectivity index (χ1) is 11.7. The van der Waals surface area contributed by atoms with E-state index in [-0.39, 0.29) is 17.3 Å². The van der Waals surface area contributed by atoms with Crippen molar-refractivity contribution in [2.45, 2.75) is 18.7 Å². The molecular weight excluding hydrogens is 340 g/mol. The molecule has 6 nitrogen and oxygen atoms in total. The monoisotopic (exact) mass is 362 g/mol. The van der Waals surface area contributed by atoms with E-state index in [0.717, 1.165) is 23.1 Å². The number of anilines is 2. The first-order valence-corrected chi connectivity index (χ1v) is 9.59. The lowest BCUT2D eigenvalue weighted by Crippen LogP contribution is -2.23. The van der Waals surface area contributed by atoms with Crippen LogP contribution in [0.15, 0.2) is 41.3 Å². The summed E-state index contributed by atoms with van der Waals surface area (Å²) in [6.45, 7) is 3.85. The van der Waals surface area contributed by atoms with E-state index in [1.807, 2.05) is 32.0 Å². The summed E-state index contributed by atoms with van der Waals surface area (Å²) in [5.74, 6) is 0.174. The van der Waals surface area contributed by atoms with Crippen LogP contribution in [0.1, 0.15) is 11.1 Å². The smallest absolute Gasteiger partial charge is 0.243 e. The fourth-order valence-electron chi connectivity index (χ4n) is 2.41. The summed E-state index contributed by atoms with van der Waals surface area (Å²) in [5.41, 5.74) is 3.17. The molecule has 0 aliphatic rings. The number of carbonyl (C=O) groups excluding carboxylic acids is 1. The van der Waals surface area contributed by atoms with Crippen LogP contribution in [-0.4, -0.2) is 34.2 Å². The molecule has 0 fully saturated rings. The third-order valence-corrected chi connectivity index (χ3v) is 4.82. The summed E-state index contributed by atoms with van der Waals surface area (Å²) in [4.78, 5) is 12.2. The first kappa shape index (κ1) is 18.8. The van der Waals surface area contributed by atoms with E-state index in [9.17, 15) is 13.2 Å². The van der Waals surface area contributed by atoms with Crippen LogP contribution in [0, 0.1) is 13.8 Å². The maximum absolute atomic E-state index is 12.2. The molecule has 0 aromatic heterocycles. The third-order valence-electron chi connectivity index (χ3n) is 3.68. The Morgan fingerprint density at radius 2 is 1.76 bits per heavy atom. The number of nitrogens with one attached hydrogen (secondary N) is 2. The Hall–Kier alpha value is -2.54. The lowest BCUT2D eigenvalue weighted by Gasteiger charge is -2.13. The number of sulfone groups is 1. The van der Waals surface area contributed by atoms with Gasteiger partial charge in [-0.05, 0) is 37.6 Å². The standard InChI is InChI=1S/C18H22N2O4S/c1-12-5-7-15(13(2)9-12)20-18(21)11-19-16-8-6-14(24-3)10-17(16)25(4,22)23/h5-10,19H,11H2,1-4H3,(H,20,21). The number of rotatable bonds is 6. The van der Waals surface area contributed by atoms with Gasteiger partial charge in [0.2, 0.25) is 5.91 Å². The van der Waals surface area contributed by atoms with E-state index in [4.69, 9.17) is 4.74 Å². The summed E-state index contributed by atoms with van der Waals surface area (Å²) < 4.78 is 28.9. The van der Waals surface area contributed by atoms with Crippen LogP contribution in [0.25, 0.3) is 0 Å². The largest absolute Gasteiger partial charge is 0.497 e. The average molecular weight is 362 g/mol. The highest BCUT2D eigenvalue weighted by Crippen LogP contribution is 2.26. The van der Waals surface area contributed by atoms with Crippen LogP contribution in [0.5, 0.6) is 5.75 Å². The molecule has 2 N–H and O–H groups in total. The number of ether oxygens (including phenoxy) is 1. The van der Waals surface area contributed by atoms with Crippen molar-refractivity contribution in [1.82, 2.24) is 0 Å². The fourth-order valence-corrected chi connectivity index (χ4v) is 3.28. The second-order valence-corrected chi connectivity index (χ2v) is 7.84. The van der Waals surface area contributed by atoms with Gasteiger partial charge in [-0.25, -0.2) is 8.42 Å². The van der Waals surface area contributed by atoms with Gasteiger partial charge >= 0.3 is 0 Å². The van der Waals surface area contributed by atoms with E-state index in [1.165, 1.54) is 13.2 Å². The highest BCUT2D eigenvalue weighted by molar-refractivity contribution is 7.90. The molecule has 25 heavy (non-hydrogen) atoms. The molecule has 0 spiro atoms. The predicted molar refractivity (Wildman–Crippen MR) is 99.1 cm³/mol. The Balaban J connectivity index is 2.11. The van der Waals surface area contributed by atoms with Crippen LogP contribution in [0.3, 0.4) is 0 Å². The van der Waals surface area contributed by atoms with Crippen molar-refractivity contribution in [3.8, 4) is 5.75 Å². The van der Waals surface area contributed by atoms with Gasteiger partial charge in [0, 0.05) is 18.0 Å². The predicted octanol–water partition coefficient (Wildman–Crippen LogP) is 2.77. The number of hydrogen-bond donors (Lipinski definition) is 2. The number of methoxy groups -OCH3 is 1. The van der Waals surface area contributed by atoms with E-state index in [0.29, 0.717) is 11.4 Å². The van der Waals surface area contributed by atoms with Crippen LogP contribution in [0.2, 0.25) is 0 Å². The summed E-state index contributed by atoms with van der Waals surface area (Å²) in [5, 5.41) is 5.69. The zero-order chi connectivity index (χ0) is 18.6. The van der Waals surface area contributed by atoms with Crippen molar-refractivity contribution in [2.75, 3.05) is 30.5 Å². The quantitative estimate of drug-likeness (QED) is 0.825. The van der Waals surface area contributed by atoms with E-state index in [1.54, 1.807) is 12.1 Å². The fraction of sp³-hybridized carbons (Fsp3) is 0.278. The molecule has 7 heteroatoms. The molecule has 0 aliphatic carbocycles. The second-order valence-electron chi connectivity index (χ2n) is 5.85. The molecule has 0 aliphatic heterocycles. The molecule has 0 unspecified atom stereocenters. The summed E-state index contributed by atoms with van der Waals surface area (Å²) >= 11 is 0. The Bertz CT molecular complexity index is 892. The molecule has 2 rings (SSSR count). The summed E-state index contributed by atoms with van der Waals surface area (Å²) in [6.07, 6.45) is 1.11. The number of carbonyl (C=O) groups is 1. The van der Waals surface area contributed by atoms with Crippen molar-refractivity contribution in [2.24, 2.45) is 0 Å². The zero-order valence-electron chi connectivity index (χ0n) is 14.7. The van der Waals surface area contributed by atoms with Crippen molar-refractivity contribution >= 4 is 27.1 Å². The Labute approximate surface area is 148 Å². The number of hydrogen-bond acceptors (Lipinski definition) is 5. The van der Waals surface area contributed by atoms with Gasteiger partial charge in [0.15, 0.2) is 9.84 Å². The molecular formula is C18H22N2O4S. The Morgan fingerprint density at radius 1 is 1.08 bits per heavy atom. The van der Waals surface area contributed by atoms with Gasteiger partial charge in [0.1, 0.15) is 5.75 Å². The number of aryl methyl sites for hydroxylation is 2. The van der Waals surface area contributed by atoms with E-state index < -0.39 is 9.84 Å². The van der Waals surface area contributed by atoms with Gasteiger partial charge in [-0.3, -0.25) is 4.79 Å². The SMILES string of the molecule is COc1ccc(NCC(=O)Nc2ccc(C)cc2C)c(S(C)(=O)=O)c1. The minimum Gasteiger partial charge on any atom is -0.497 e. The molecule has 0 bridgehead atoms. The second kappa shape index (κ2) is 7.57. The van der Waals surface area contributed by atoms with Gasteiger partial charge in [-0.15, -0.1) is 0 Å². The molecule has 0 saturated heterocycles. The minimum atomic E-state index is -3.46. The van der Waals surface area contributed by atoms with Crippen LogP contribution < -0.4 is 15.4 Å². The lowest BCUT2D eigenvalue weighted by atomic mass is 10.1. The minimum absolute atomic E-state index is 0.0534. The zero-order valence-corrected chi connectivity index (χ0v) is 15.5. The van der Waals surface area contributed by atoms with Crippen LogP contribution >= 0.6 is 0 Å². The van der Waals surface area contributed by atoms with Crippen molar-refractivity contribution < 1.29 is 17.9 Å². The molecule has 2 aromatic rings. The number of benzene rings is 2. The summed E-state index contributed by atoms with van der Waals surface area (Å²) in [7, 11) is -1.99. The average Bonchev–Trinajstić information content (AvgIpc) is 2.54. The van der Waals surface area contributed by atoms with Crippen molar-refractivity contribution in [3.63, 3.8) is 0 Å². The maximum atomic E-state index is 12.2. The van der Waals surface area contributed by atoms with E-state index in [2.05, 4.69) is 10.6 Å². The Kier molecular flexibility index (Phi) is 5.69. The van der Waals surface area contributed by atoms with Crippen molar-refractivity contribution in [3.05, 3.63) is 47.5 Å². The van der Waals surface area contributed by atoms with Crippen molar-refractivity contribution in [1.29, 1.82) is 0 Å². The van der Waals surface area contributed by atoms with Crippen LogP contribution in [0.4, 0.5) is 11.4 Å². The van der Waals surface area contributed by atoms with Crippen LogP contribution in [-0.2, 0) is 14.6 Å². The summed E-state index contributed by atoms with van der Waals surface area (Å²) in [6, 6.07) is 10.4. The highest BCUT2D eigenvalue weighted by atomic mass is 32.2.